The van der Waals surface area contributed by atoms with Crippen molar-refractivity contribution in [3.8, 4) is 0 Å². The van der Waals surface area contributed by atoms with Crippen LogP contribution in [0, 0.1) is 6.92 Å². The molecule has 1 aliphatic heterocycles. The molecule has 23 heavy (non-hydrogen) atoms. The molecule has 1 aliphatic rings. The van der Waals surface area contributed by atoms with Crippen LogP contribution < -0.4 is 5.32 Å². The fraction of sp³-hybridized carbons (Fsp3) is 0.421. The highest BCUT2D eigenvalue weighted by Gasteiger charge is 2.37. The molecule has 1 unspecified atom stereocenters. The van der Waals surface area contributed by atoms with Crippen molar-refractivity contribution in [3.05, 3.63) is 65.0 Å². The summed E-state index contributed by atoms with van der Waals surface area (Å²) in [5.74, 6) is 0. The van der Waals surface area contributed by atoms with Gasteiger partial charge in [-0.05, 0) is 36.1 Å². The second-order valence-electron chi connectivity index (χ2n) is 6.03. The van der Waals surface area contributed by atoms with Gasteiger partial charge in [0.25, 0.3) is 0 Å². The van der Waals surface area contributed by atoms with Crippen LogP contribution >= 0.6 is 0 Å². The zero-order valence-corrected chi connectivity index (χ0v) is 13.8. The van der Waals surface area contributed by atoms with E-state index in [1.165, 1.54) is 16.7 Å². The Morgan fingerprint density at radius 1 is 1.26 bits per heavy atom. The number of pyridine rings is 1. The second kappa shape index (κ2) is 7.21. The molecule has 1 N–H and O–H groups in total. The van der Waals surface area contributed by atoms with Crippen LogP contribution in [0.3, 0.4) is 0 Å². The first-order chi connectivity index (χ1) is 11.2. The maximum Gasteiger partial charge on any atom is 0.129 e. The number of hydrogen-bond acceptors (Lipinski definition) is 4. The average Bonchev–Trinajstić information content (AvgIpc) is 2.57. The predicted octanol–water partition coefficient (Wildman–Crippen LogP) is 2.59. The molecule has 0 fully saturated rings. The largest absolute Gasteiger partial charge is 0.381 e. The fourth-order valence-electron chi connectivity index (χ4n) is 3.27. The van der Waals surface area contributed by atoms with Crippen LogP contribution in [0.2, 0.25) is 0 Å². The van der Waals surface area contributed by atoms with E-state index in [1.807, 2.05) is 19.2 Å². The molecule has 1 atom stereocenters. The number of nitrogens with zero attached hydrogens (tertiary/aromatic N) is 1. The van der Waals surface area contributed by atoms with E-state index in [0.717, 1.165) is 25.3 Å². The zero-order valence-electron chi connectivity index (χ0n) is 13.8. The molecular formula is C19H24N2O2. The first kappa shape index (κ1) is 16.1. The minimum absolute atomic E-state index is 0.417. The summed E-state index contributed by atoms with van der Waals surface area (Å²) in [6.45, 7) is 4.80. The highest BCUT2D eigenvalue weighted by Crippen LogP contribution is 2.33. The van der Waals surface area contributed by atoms with Crippen LogP contribution in [0.15, 0.2) is 42.6 Å². The molecule has 2 heterocycles. The molecule has 0 bridgehead atoms. The summed E-state index contributed by atoms with van der Waals surface area (Å²) < 4.78 is 11.7. The highest BCUT2D eigenvalue weighted by atomic mass is 16.5. The van der Waals surface area contributed by atoms with Gasteiger partial charge in [-0.15, -0.1) is 0 Å². The van der Waals surface area contributed by atoms with Crippen LogP contribution in [0.1, 0.15) is 22.4 Å². The fourth-order valence-corrected chi connectivity index (χ4v) is 3.27. The van der Waals surface area contributed by atoms with Crippen LogP contribution in [-0.2, 0) is 28.0 Å². The number of methoxy groups -OCH3 is 1. The van der Waals surface area contributed by atoms with Crippen molar-refractivity contribution in [2.45, 2.75) is 25.5 Å². The lowest BCUT2D eigenvalue weighted by Gasteiger charge is -2.39. The van der Waals surface area contributed by atoms with Gasteiger partial charge < -0.3 is 14.8 Å². The Labute approximate surface area is 137 Å². The summed E-state index contributed by atoms with van der Waals surface area (Å²) in [5.41, 5.74) is 4.45. The molecule has 0 saturated carbocycles. The van der Waals surface area contributed by atoms with Gasteiger partial charge >= 0.3 is 0 Å². The lowest BCUT2D eigenvalue weighted by Crippen LogP contribution is -2.47. The van der Waals surface area contributed by atoms with Crippen molar-refractivity contribution >= 4 is 0 Å². The van der Waals surface area contributed by atoms with Crippen LogP contribution in [-0.4, -0.2) is 31.9 Å². The third-order valence-corrected chi connectivity index (χ3v) is 4.48. The van der Waals surface area contributed by atoms with Crippen molar-refractivity contribution in [1.29, 1.82) is 0 Å². The summed E-state index contributed by atoms with van der Waals surface area (Å²) in [6.07, 6.45) is 2.79. The molecule has 122 valence electrons. The van der Waals surface area contributed by atoms with E-state index in [1.54, 1.807) is 7.11 Å². The van der Waals surface area contributed by atoms with Gasteiger partial charge in [0.2, 0.25) is 0 Å². The van der Waals surface area contributed by atoms with E-state index < -0.39 is 5.60 Å². The number of nitrogens with one attached hydrogen (secondary N) is 1. The van der Waals surface area contributed by atoms with Gasteiger partial charge in [-0.25, -0.2) is 0 Å². The van der Waals surface area contributed by atoms with Crippen molar-refractivity contribution in [2.75, 3.05) is 26.9 Å². The van der Waals surface area contributed by atoms with Gasteiger partial charge in [-0.1, -0.05) is 30.3 Å². The van der Waals surface area contributed by atoms with Gasteiger partial charge in [-0.3, -0.25) is 4.98 Å². The third kappa shape index (κ3) is 3.44. The number of ether oxygens (including phenoxy) is 2. The standard InChI is InChI=1S/C19H24N2O2/c1-15-17(7-5-10-21-15)12-20-13-19(14-22-2)18-8-4-3-6-16(18)9-11-23-19/h3-8,10,20H,9,11-14H2,1-2H3. The Bertz CT molecular complexity index is 659. The number of benzene rings is 1. The normalized spacial score (nSPS) is 20.3. The van der Waals surface area contributed by atoms with Crippen LogP contribution in [0.4, 0.5) is 0 Å². The minimum atomic E-state index is -0.417. The molecule has 4 nitrogen and oxygen atoms in total. The number of rotatable bonds is 6. The zero-order chi connectivity index (χ0) is 16.1. The Hall–Kier alpha value is -1.75. The quantitative estimate of drug-likeness (QED) is 0.890. The highest BCUT2D eigenvalue weighted by molar-refractivity contribution is 5.35. The number of aryl methyl sites for hydroxylation is 1. The summed E-state index contributed by atoms with van der Waals surface area (Å²) in [5, 5.41) is 3.53. The number of hydrogen-bond donors (Lipinski definition) is 1. The van der Waals surface area contributed by atoms with E-state index in [4.69, 9.17) is 9.47 Å². The van der Waals surface area contributed by atoms with Gasteiger partial charge in [-0.2, -0.15) is 0 Å². The van der Waals surface area contributed by atoms with E-state index in [9.17, 15) is 0 Å². The van der Waals surface area contributed by atoms with Crippen molar-refractivity contribution in [1.82, 2.24) is 10.3 Å². The summed E-state index contributed by atoms with van der Waals surface area (Å²) in [4.78, 5) is 4.34. The minimum Gasteiger partial charge on any atom is -0.381 e. The molecule has 0 spiro atoms. The van der Waals surface area contributed by atoms with Crippen molar-refractivity contribution in [2.24, 2.45) is 0 Å². The monoisotopic (exact) mass is 312 g/mol. The summed E-state index contributed by atoms with van der Waals surface area (Å²) >= 11 is 0. The molecule has 0 saturated heterocycles. The second-order valence-corrected chi connectivity index (χ2v) is 6.03. The number of aromatic nitrogens is 1. The Morgan fingerprint density at radius 3 is 2.96 bits per heavy atom. The van der Waals surface area contributed by atoms with Gasteiger partial charge in [0, 0.05) is 32.1 Å². The maximum absolute atomic E-state index is 6.20. The molecular weight excluding hydrogens is 288 g/mol. The van der Waals surface area contributed by atoms with Crippen molar-refractivity contribution in [3.63, 3.8) is 0 Å². The topological polar surface area (TPSA) is 43.4 Å². The van der Waals surface area contributed by atoms with E-state index in [-0.39, 0.29) is 0 Å². The Kier molecular flexibility index (Phi) is 5.06. The van der Waals surface area contributed by atoms with Gasteiger partial charge in [0.1, 0.15) is 5.60 Å². The smallest absolute Gasteiger partial charge is 0.129 e. The molecule has 4 heteroatoms. The predicted molar refractivity (Wildman–Crippen MR) is 90.3 cm³/mol. The molecule has 3 rings (SSSR count). The van der Waals surface area contributed by atoms with Crippen LogP contribution in [0.25, 0.3) is 0 Å². The van der Waals surface area contributed by atoms with Crippen molar-refractivity contribution < 1.29 is 9.47 Å². The first-order valence-electron chi connectivity index (χ1n) is 8.08. The molecule has 1 aromatic carbocycles. The average molecular weight is 312 g/mol. The molecule has 1 aromatic heterocycles. The summed E-state index contributed by atoms with van der Waals surface area (Å²) in [7, 11) is 1.73. The van der Waals surface area contributed by atoms with E-state index >= 15 is 0 Å². The van der Waals surface area contributed by atoms with E-state index in [0.29, 0.717) is 13.2 Å². The lowest BCUT2D eigenvalue weighted by molar-refractivity contribution is -0.101. The maximum atomic E-state index is 6.20. The Balaban J connectivity index is 1.76. The lowest BCUT2D eigenvalue weighted by atomic mass is 9.86. The molecule has 2 aromatic rings. The molecule has 0 radical (unpaired) electrons. The molecule has 0 amide bonds. The SMILES string of the molecule is COCC1(CNCc2cccnc2C)OCCc2ccccc21. The van der Waals surface area contributed by atoms with Crippen LogP contribution in [0.5, 0.6) is 0 Å². The van der Waals surface area contributed by atoms with Gasteiger partial charge in [0.15, 0.2) is 0 Å². The van der Waals surface area contributed by atoms with Gasteiger partial charge in [0.05, 0.1) is 13.2 Å². The van der Waals surface area contributed by atoms with E-state index in [2.05, 4.69) is 40.6 Å². The molecule has 0 aliphatic carbocycles. The first-order valence-corrected chi connectivity index (χ1v) is 8.08. The third-order valence-electron chi connectivity index (χ3n) is 4.48. The number of fused-ring (bicyclic) bond motifs is 1. The Morgan fingerprint density at radius 2 is 2.13 bits per heavy atom. The summed E-state index contributed by atoms with van der Waals surface area (Å²) in [6, 6.07) is 12.6.